The van der Waals surface area contributed by atoms with Crippen LogP contribution in [0.1, 0.15) is 39.0 Å². The van der Waals surface area contributed by atoms with Crippen LogP contribution in [0.25, 0.3) is 0 Å². The molecule has 0 unspecified atom stereocenters. The number of nitrogens with zero attached hydrogens (tertiary/aromatic N) is 1. The molecule has 3 aromatic rings. The van der Waals surface area contributed by atoms with E-state index in [-0.39, 0.29) is 11.8 Å². The van der Waals surface area contributed by atoms with Crippen molar-refractivity contribution in [2.24, 2.45) is 0 Å². The molecule has 0 aliphatic carbocycles. The number of rotatable bonds is 4. The summed E-state index contributed by atoms with van der Waals surface area (Å²) < 4.78 is 11.0. The largest absolute Gasteiger partial charge is 0.493 e. The molecule has 0 radical (unpaired) electrons. The van der Waals surface area contributed by atoms with Crippen molar-refractivity contribution < 1.29 is 19.1 Å². The lowest BCUT2D eigenvalue weighted by molar-refractivity contribution is -0.119. The molecule has 2 aliphatic heterocycles. The van der Waals surface area contributed by atoms with E-state index in [0.717, 1.165) is 11.1 Å². The first-order valence-electron chi connectivity index (χ1n) is 10.7. The van der Waals surface area contributed by atoms with Crippen LogP contribution in [-0.4, -0.2) is 37.5 Å². The molecule has 33 heavy (non-hydrogen) atoms. The highest BCUT2D eigenvalue weighted by Gasteiger charge is 2.46. The number of methoxy groups -OCH3 is 2. The van der Waals surface area contributed by atoms with E-state index in [1.165, 1.54) is 0 Å². The van der Waals surface area contributed by atoms with Crippen LogP contribution in [0.15, 0.2) is 60.7 Å². The van der Waals surface area contributed by atoms with E-state index in [4.69, 9.17) is 21.1 Å². The molecular weight excluding hydrogens is 440 g/mol. The average molecular weight is 463 g/mol. The maximum absolute atomic E-state index is 13.7. The highest BCUT2D eigenvalue weighted by atomic mass is 35.5. The predicted octanol–water partition coefficient (Wildman–Crippen LogP) is 4.83. The van der Waals surface area contributed by atoms with Gasteiger partial charge in [0.25, 0.3) is 5.91 Å². The van der Waals surface area contributed by atoms with Crippen molar-refractivity contribution in [3.05, 3.63) is 87.9 Å². The number of halogens is 1. The van der Waals surface area contributed by atoms with Gasteiger partial charge in [0.1, 0.15) is 0 Å². The van der Waals surface area contributed by atoms with Crippen LogP contribution in [0.5, 0.6) is 11.5 Å². The standard InChI is InChI=1S/C26H23ClN2O4/c1-32-21-12-15-10-11-29-24(20(15)14-22(21)33-2)23(18-8-3-4-9-19(18)26(29)31)25(30)28-17-7-5-6-16(27)13-17/h3-9,12-14,23-24H,10-11H2,1-2H3,(H,28,30)/t23-,24-/m0/s1. The molecule has 0 fully saturated rings. The zero-order chi connectivity index (χ0) is 23.1. The van der Waals surface area contributed by atoms with E-state index in [0.29, 0.717) is 46.3 Å². The molecule has 0 spiro atoms. The lowest BCUT2D eigenvalue weighted by atomic mass is 9.75. The minimum atomic E-state index is -0.602. The third-order valence-electron chi connectivity index (χ3n) is 6.40. The lowest BCUT2D eigenvalue weighted by Crippen LogP contribution is -2.49. The highest BCUT2D eigenvalue weighted by molar-refractivity contribution is 6.30. The Morgan fingerprint density at radius 1 is 1.00 bits per heavy atom. The van der Waals surface area contributed by atoms with Gasteiger partial charge in [-0.2, -0.15) is 0 Å². The molecule has 0 saturated carbocycles. The quantitative estimate of drug-likeness (QED) is 0.602. The second kappa shape index (κ2) is 8.45. The predicted molar refractivity (Wildman–Crippen MR) is 126 cm³/mol. The third kappa shape index (κ3) is 3.60. The molecule has 3 aromatic carbocycles. The summed E-state index contributed by atoms with van der Waals surface area (Å²) in [7, 11) is 3.18. The summed E-state index contributed by atoms with van der Waals surface area (Å²) in [5.41, 5.74) is 3.82. The summed E-state index contributed by atoms with van der Waals surface area (Å²) in [6.45, 7) is 0.515. The van der Waals surface area contributed by atoms with Crippen LogP contribution in [0, 0.1) is 0 Å². The van der Waals surface area contributed by atoms with Crippen LogP contribution in [0.4, 0.5) is 5.69 Å². The fraction of sp³-hybridized carbons (Fsp3) is 0.231. The SMILES string of the molecule is COc1cc2c(cc1OC)[C@H]1[C@@H](C(=O)Nc3cccc(Cl)c3)c3ccccc3C(=O)N1CC2. The van der Waals surface area contributed by atoms with Crippen LogP contribution in [0.3, 0.4) is 0 Å². The van der Waals surface area contributed by atoms with Crippen molar-refractivity contribution in [2.75, 3.05) is 26.1 Å². The number of hydrogen-bond acceptors (Lipinski definition) is 4. The number of carbonyl (C=O) groups excluding carboxylic acids is 2. The Kier molecular flexibility index (Phi) is 5.46. The van der Waals surface area contributed by atoms with Gasteiger partial charge in [-0.15, -0.1) is 0 Å². The minimum absolute atomic E-state index is 0.0668. The molecule has 1 N–H and O–H groups in total. The molecule has 0 bridgehead atoms. The molecule has 2 heterocycles. The summed E-state index contributed by atoms with van der Waals surface area (Å²) in [5.74, 6) is 0.332. The Hall–Kier alpha value is -3.51. The first-order chi connectivity index (χ1) is 16.0. The van der Waals surface area contributed by atoms with Crippen LogP contribution in [0.2, 0.25) is 5.02 Å². The van der Waals surface area contributed by atoms with Gasteiger partial charge >= 0.3 is 0 Å². The Labute approximate surface area is 197 Å². The van der Waals surface area contributed by atoms with E-state index in [1.807, 2.05) is 30.3 Å². The topological polar surface area (TPSA) is 67.9 Å². The van der Waals surface area contributed by atoms with Crippen molar-refractivity contribution in [3.63, 3.8) is 0 Å². The normalized spacial score (nSPS) is 18.6. The van der Waals surface area contributed by atoms with E-state index >= 15 is 0 Å². The summed E-state index contributed by atoms with van der Waals surface area (Å²) in [6.07, 6.45) is 0.669. The van der Waals surface area contributed by atoms with E-state index in [1.54, 1.807) is 49.5 Å². The van der Waals surface area contributed by atoms with Crippen LogP contribution >= 0.6 is 11.6 Å². The van der Waals surface area contributed by atoms with Gasteiger partial charge in [-0.1, -0.05) is 35.9 Å². The van der Waals surface area contributed by atoms with Gasteiger partial charge in [0, 0.05) is 22.8 Å². The van der Waals surface area contributed by atoms with Gasteiger partial charge in [-0.05, 0) is 59.5 Å². The molecule has 2 amide bonds. The summed E-state index contributed by atoms with van der Waals surface area (Å²) in [5, 5.41) is 3.54. The molecule has 0 aromatic heterocycles. The monoisotopic (exact) mass is 462 g/mol. The Morgan fingerprint density at radius 3 is 2.52 bits per heavy atom. The summed E-state index contributed by atoms with van der Waals surface area (Å²) in [6, 6.07) is 17.8. The van der Waals surface area contributed by atoms with Crippen LogP contribution < -0.4 is 14.8 Å². The molecular formula is C26H23ClN2O4. The minimum Gasteiger partial charge on any atom is -0.493 e. The molecule has 2 atom stereocenters. The van der Waals surface area contributed by atoms with E-state index in [2.05, 4.69) is 5.32 Å². The number of ether oxygens (including phenoxy) is 2. The smallest absolute Gasteiger partial charge is 0.254 e. The Bertz CT molecular complexity index is 1260. The number of benzene rings is 3. The second-order valence-corrected chi connectivity index (χ2v) is 8.60. The molecule has 6 nitrogen and oxygen atoms in total. The van der Waals surface area contributed by atoms with E-state index < -0.39 is 12.0 Å². The fourth-order valence-corrected chi connectivity index (χ4v) is 5.11. The van der Waals surface area contributed by atoms with Crippen molar-refractivity contribution in [1.82, 2.24) is 4.90 Å². The molecule has 5 rings (SSSR count). The molecule has 7 heteroatoms. The maximum Gasteiger partial charge on any atom is 0.254 e. The number of carbonyl (C=O) groups is 2. The maximum atomic E-state index is 13.7. The fourth-order valence-electron chi connectivity index (χ4n) is 4.92. The number of anilines is 1. The molecule has 2 aliphatic rings. The Morgan fingerprint density at radius 2 is 1.76 bits per heavy atom. The van der Waals surface area contributed by atoms with Crippen molar-refractivity contribution in [3.8, 4) is 11.5 Å². The van der Waals surface area contributed by atoms with Crippen molar-refractivity contribution in [1.29, 1.82) is 0 Å². The molecule has 0 saturated heterocycles. The zero-order valence-corrected chi connectivity index (χ0v) is 19.1. The van der Waals surface area contributed by atoms with Gasteiger partial charge < -0.3 is 19.7 Å². The second-order valence-electron chi connectivity index (χ2n) is 8.16. The van der Waals surface area contributed by atoms with Crippen molar-refractivity contribution in [2.45, 2.75) is 18.4 Å². The van der Waals surface area contributed by atoms with E-state index in [9.17, 15) is 9.59 Å². The summed E-state index contributed by atoms with van der Waals surface area (Å²) >= 11 is 6.12. The van der Waals surface area contributed by atoms with Crippen molar-refractivity contribution >= 4 is 29.1 Å². The highest BCUT2D eigenvalue weighted by Crippen LogP contribution is 2.48. The summed E-state index contributed by atoms with van der Waals surface area (Å²) in [4.78, 5) is 29.0. The zero-order valence-electron chi connectivity index (χ0n) is 18.3. The number of fused-ring (bicyclic) bond motifs is 4. The lowest BCUT2D eigenvalue weighted by Gasteiger charge is -2.45. The number of nitrogens with one attached hydrogen (secondary N) is 1. The molecule has 168 valence electrons. The number of hydrogen-bond donors (Lipinski definition) is 1. The number of amides is 2. The van der Waals surface area contributed by atoms with Gasteiger partial charge in [-0.3, -0.25) is 9.59 Å². The first kappa shape index (κ1) is 21.3. The van der Waals surface area contributed by atoms with Gasteiger partial charge in [0.05, 0.1) is 26.2 Å². The Balaban J connectivity index is 1.65. The first-order valence-corrected chi connectivity index (χ1v) is 11.1. The third-order valence-corrected chi connectivity index (χ3v) is 6.63. The van der Waals surface area contributed by atoms with Crippen LogP contribution in [-0.2, 0) is 11.2 Å². The van der Waals surface area contributed by atoms with Gasteiger partial charge in [0.2, 0.25) is 5.91 Å². The average Bonchev–Trinajstić information content (AvgIpc) is 2.83. The van der Waals surface area contributed by atoms with Gasteiger partial charge in [-0.25, -0.2) is 0 Å². The van der Waals surface area contributed by atoms with Gasteiger partial charge in [0.15, 0.2) is 11.5 Å².